The molecule has 0 aromatic carbocycles. The molecule has 0 aliphatic carbocycles. The van der Waals surface area contributed by atoms with E-state index in [1.807, 2.05) is 20.8 Å². The third-order valence-corrected chi connectivity index (χ3v) is 3.93. The van der Waals surface area contributed by atoms with E-state index in [-0.39, 0.29) is 16.7 Å². The maximum absolute atomic E-state index is 12.1. The van der Waals surface area contributed by atoms with E-state index in [1.165, 1.54) is 13.2 Å². The molecule has 1 aromatic heterocycles. The Bertz CT molecular complexity index is 517. The van der Waals surface area contributed by atoms with Crippen LogP contribution in [0.2, 0.25) is 0 Å². The lowest BCUT2D eigenvalue weighted by atomic mass is 10.1. The molecule has 20 heavy (non-hydrogen) atoms. The normalized spacial score (nSPS) is 14.4. The van der Waals surface area contributed by atoms with Gasteiger partial charge in [0.15, 0.2) is 0 Å². The van der Waals surface area contributed by atoms with Crippen LogP contribution in [0.3, 0.4) is 0 Å². The van der Waals surface area contributed by atoms with Crippen molar-refractivity contribution >= 4 is 10.0 Å². The minimum absolute atomic E-state index is 0.0585. The third-order valence-electron chi connectivity index (χ3n) is 2.47. The summed E-state index contributed by atoms with van der Waals surface area (Å²) in [5.41, 5.74) is -0.0585. The quantitative estimate of drug-likeness (QED) is 0.797. The molecule has 1 atom stereocenters. The predicted molar refractivity (Wildman–Crippen MR) is 77.0 cm³/mol. The molecule has 0 saturated heterocycles. The fourth-order valence-electron chi connectivity index (χ4n) is 1.56. The first kappa shape index (κ1) is 17.2. The molecule has 2 N–H and O–H groups in total. The van der Waals surface area contributed by atoms with Gasteiger partial charge in [-0.25, -0.2) is 13.1 Å². The Kier molecular flexibility index (Phi) is 5.76. The number of ether oxygens (including phenoxy) is 1. The van der Waals surface area contributed by atoms with Crippen molar-refractivity contribution in [1.29, 1.82) is 0 Å². The lowest BCUT2D eigenvalue weighted by molar-refractivity contribution is 0.180. The Balaban J connectivity index is 2.70. The fourth-order valence-corrected chi connectivity index (χ4v) is 2.73. The molecular weight excluding hydrogens is 280 g/mol. The molecular formula is C13H24N2O4S. The average molecular weight is 304 g/mol. The summed E-state index contributed by atoms with van der Waals surface area (Å²) in [6.07, 6.45) is 0. The summed E-state index contributed by atoms with van der Waals surface area (Å²) in [7, 11) is -2.12. The zero-order valence-corrected chi connectivity index (χ0v) is 13.5. The van der Waals surface area contributed by atoms with Gasteiger partial charge in [-0.2, -0.15) is 0 Å². The highest BCUT2D eigenvalue weighted by Crippen LogP contribution is 2.15. The van der Waals surface area contributed by atoms with E-state index in [4.69, 9.17) is 9.15 Å². The van der Waals surface area contributed by atoms with Crippen LogP contribution in [0.25, 0.3) is 0 Å². The summed E-state index contributed by atoms with van der Waals surface area (Å²) in [6, 6.07) is 2.81. The van der Waals surface area contributed by atoms with Gasteiger partial charge in [0.25, 0.3) is 10.0 Å². The number of rotatable bonds is 7. The largest absolute Gasteiger partial charge is 0.447 e. The highest BCUT2D eigenvalue weighted by atomic mass is 32.2. The van der Waals surface area contributed by atoms with Crippen LogP contribution in [-0.4, -0.2) is 33.7 Å². The van der Waals surface area contributed by atoms with Gasteiger partial charge in [0, 0.05) is 18.7 Å². The Hall–Kier alpha value is -0.890. The summed E-state index contributed by atoms with van der Waals surface area (Å²) in [5.74, 6) is 0.583. The molecule has 0 spiro atoms. The summed E-state index contributed by atoms with van der Waals surface area (Å²) < 4.78 is 36.9. The van der Waals surface area contributed by atoms with Gasteiger partial charge in [-0.15, -0.1) is 0 Å². The van der Waals surface area contributed by atoms with Crippen LogP contribution in [0.15, 0.2) is 21.6 Å². The number of sulfonamides is 1. The van der Waals surface area contributed by atoms with Crippen LogP contribution in [0.1, 0.15) is 33.5 Å². The monoisotopic (exact) mass is 304 g/mol. The van der Waals surface area contributed by atoms with Gasteiger partial charge in [-0.3, -0.25) is 0 Å². The first-order chi connectivity index (χ1) is 9.14. The first-order valence-corrected chi connectivity index (χ1v) is 7.97. The Morgan fingerprint density at radius 2 is 2.00 bits per heavy atom. The maximum Gasteiger partial charge on any atom is 0.274 e. The van der Waals surface area contributed by atoms with Crippen molar-refractivity contribution in [3.63, 3.8) is 0 Å². The lowest BCUT2D eigenvalue weighted by Crippen LogP contribution is -2.35. The van der Waals surface area contributed by atoms with Crippen molar-refractivity contribution in [2.24, 2.45) is 0 Å². The van der Waals surface area contributed by atoms with Crippen LogP contribution in [0, 0.1) is 0 Å². The molecule has 0 amide bonds. The summed E-state index contributed by atoms with van der Waals surface area (Å²) in [4.78, 5) is 0. The summed E-state index contributed by atoms with van der Waals surface area (Å²) >= 11 is 0. The van der Waals surface area contributed by atoms with Gasteiger partial charge in [-0.05, 0) is 39.8 Å². The molecule has 1 heterocycles. The molecule has 7 heteroatoms. The number of hydrogen-bond donors (Lipinski definition) is 2. The molecule has 0 aliphatic rings. The van der Waals surface area contributed by atoms with E-state index in [0.717, 1.165) is 0 Å². The van der Waals surface area contributed by atoms with E-state index in [1.54, 1.807) is 13.0 Å². The molecule has 1 rings (SSSR count). The van der Waals surface area contributed by atoms with Crippen molar-refractivity contribution < 1.29 is 17.6 Å². The van der Waals surface area contributed by atoms with Crippen LogP contribution in [0.5, 0.6) is 0 Å². The van der Waals surface area contributed by atoms with E-state index < -0.39 is 10.0 Å². The second-order valence-corrected chi connectivity index (χ2v) is 7.45. The summed E-state index contributed by atoms with van der Waals surface area (Å²) in [6.45, 7) is 8.60. The minimum Gasteiger partial charge on any atom is -0.447 e. The number of hydrogen-bond acceptors (Lipinski definition) is 5. The van der Waals surface area contributed by atoms with Crippen LogP contribution in [0.4, 0.5) is 0 Å². The van der Waals surface area contributed by atoms with Crippen LogP contribution in [-0.2, 0) is 21.3 Å². The molecule has 0 fully saturated rings. The standard InChI is InChI=1S/C13H24N2O4S/c1-10(9-18-5)15-20(16,17)12-7-6-11(19-12)8-14-13(2,3)4/h6-7,10,14-15H,8-9H2,1-5H3. The first-order valence-electron chi connectivity index (χ1n) is 6.49. The zero-order valence-electron chi connectivity index (χ0n) is 12.7. The van der Waals surface area contributed by atoms with Gasteiger partial charge in [0.2, 0.25) is 5.09 Å². The lowest BCUT2D eigenvalue weighted by Gasteiger charge is -2.19. The van der Waals surface area contributed by atoms with Gasteiger partial charge < -0.3 is 14.5 Å². The minimum atomic E-state index is -3.64. The highest BCUT2D eigenvalue weighted by molar-refractivity contribution is 7.89. The fraction of sp³-hybridized carbons (Fsp3) is 0.692. The van der Waals surface area contributed by atoms with Gasteiger partial charge >= 0.3 is 0 Å². The molecule has 1 aromatic rings. The zero-order chi connectivity index (χ0) is 15.4. The van der Waals surface area contributed by atoms with E-state index in [9.17, 15) is 8.42 Å². The molecule has 6 nitrogen and oxygen atoms in total. The highest BCUT2D eigenvalue weighted by Gasteiger charge is 2.21. The second-order valence-electron chi connectivity index (χ2n) is 5.80. The number of furan rings is 1. The predicted octanol–water partition coefficient (Wildman–Crippen LogP) is 1.48. The van der Waals surface area contributed by atoms with E-state index in [0.29, 0.717) is 18.9 Å². The van der Waals surface area contributed by atoms with Gasteiger partial charge in [-0.1, -0.05) is 0 Å². The Labute approximate surface area is 120 Å². The molecule has 0 aliphatic heterocycles. The van der Waals surface area contributed by atoms with Crippen molar-refractivity contribution in [3.05, 3.63) is 17.9 Å². The van der Waals surface area contributed by atoms with E-state index in [2.05, 4.69) is 10.0 Å². The maximum atomic E-state index is 12.1. The average Bonchev–Trinajstić information content (AvgIpc) is 2.74. The molecule has 0 radical (unpaired) electrons. The number of methoxy groups -OCH3 is 1. The SMILES string of the molecule is COCC(C)NS(=O)(=O)c1ccc(CNC(C)(C)C)o1. The van der Waals surface area contributed by atoms with Crippen molar-refractivity contribution in [1.82, 2.24) is 10.0 Å². The Morgan fingerprint density at radius 3 is 2.55 bits per heavy atom. The Morgan fingerprint density at radius 1 is 1.35 bits per heavy atom. The summed E-state index contributed by atoms with van der Waals surface area (Å²) in [5, 5.41) is 3.16. The van der Waals surface area contributed by atoms with Crippen molar-refractivity contribution in [2.45, 2.75) is 50.9 Å². The van der Waals surface area contributed by atoms with Crippen molar-refractivity contribution in [2.75, 3.05) is 13.7 Å². The second kappa shape index (κ2) is 6.71. The topological polar surface area (TPSA) is 80.6 Å². The van der Waals surface area contributed by atoms with Crippen LogP contribution < -0.4 is 10.0 Å². The van der Waals surface area contributed by atoms with Crippen LogP contribution >= 0.6 is 0 Å². The van der Waals surface area contributed by atoms with Crippen molar-refractivity contribution in [3.8, 4) is 0 Å². The molecule has 0 saturated carbocycles. The van der Waals surface area contributed by atoms with Gasteiger partial charge in [0.05, 0.1) is 13.2 Å². The smallest absolute Gasteiger partial charge is 0.274 e. The number of nitrogens with one attached hydrogen (secondary N) is 2. The molecule has 1 unspecified atom stereocenters. The molecule has 0 bridgehead atoms. The van der Waals surface area contributed by atoms with E-state index >= 15 is 0 Å². The third kappa shape index (κ3) is 5.62. The van der Waals surface area contributed by atoms with Gasteiger partial charge in [0.1, 0.15) is 5.76 Å². The molecule has 116 valence electrons.